The number of nitrogens with one attached hydrogen (secondary N) is 3. The van der Waals surface area contributed by atoms with Gasteiger partial charge in [0.05, 0.1) is 0 Å². The summed E-state index contributed by atoms with van der Waals surface area (Å²) in [6.45, 7) is 12.1. The molecule has 0 aliphatic rings. The van der Waals surface area contributed by atoms with E-state index in [1.807, 2.05) is 20.8 Å². The van der Waals surface area contributed by atoms with Crippen LogP contribution in [0.4, 0.5) is 4.79 Å². The number of alkyl carbamates (subject to hydrolysis) is 1. The predicted molar refractivity (Wildman–Crippen MR) is 250 cm³/mol. The summed E-state index contributed by atoms with van der Waals surface area (Å²) in [5, 5.41) is 9.10. The Morgan fingerprint density at radius 1 is 0.431 bits per heavy atom. The highest BCUT2D eigenvalue weighted by Gasteiger charge is 2.17. The lowest BCUT2D eigenvalue weighted by molar-refractivity contribution is -0.122. The molecule has 3 amide bonds. The molecule has 0 bridgehead atoms. The molecule has 0 spiro atoms. The number of rotatable bonds is 42. The van der Waals surface area contributed by atoms with E-state index in [0.717, 1.165) is 58.0 Å². The van der Waals surface area contributed by atoms with Gasteiger partial charge in [-0.1, -0.05) is 154 Å². The Hall–Kier alpha value is -2.31. The van der Waals surface area contributed by atoms with Crippen LogP contribution in [0.25, 0.3) is 0 Å². The van der Waals surface area contributed by atoms with E-state index in [9.17, 15) is 14.4 Å². The number of allylic oxidation sites excluding steroid dienone is 4. The zero-order chi connectivity index (χ0) is 42.6. The van der Waals surface area contributed by atoms with Gasteiger partial charge in [0.2, 0.25) is 11.8 Å². The van der Waals surface area contributed by atoms with Crippen molar-refractivity contribution in [2.24, 2.45) is 5.92 Å². The summed E-state index contributed by atoms with van der Waals surface area (Å²) in [4.78, 5) is 37.4. The highest BCUT2D eigenvalue weighted by atomic mass is 16.6. The van der Waals surface area contributed by atoms with Crippen LogP contribution in [-0.2, 0) is 14.3 Å². The predicted octanol–water partition coefficient (Wildman–Crippen LogP) is 14.8. The summed E-state index contributed by atoms with van der Waals surface area (Å²) in [5.74, 6) is 0.479. The molecular formula is C51H97N3O4. The summed E-state index contributed by atoms with van der Waals surface area (Å²) in [6.07, 6.45) is 49.1. The highest BCUT2D eigenvalue weighted by molar-refractivity contribution is 5.76. The van der Waals surface area contributed by atoms with Gasteiger partial charge in [0.1, 0.15) is 5.60 Å². The van der Waals surface area contributed by atoms with Crippen molar-refractivity contribution in [2.75, 3.05) is 19.6 Å². The maximum atomic E-state index is 12.7. The third kappa shape index (κ3) is 44.8. The second kappa shape index (κ2) is 42.8. The molecule has 0 aliphatic carbocycles. The van der Waals surface area contributed by atoms with Gasteiger partial charge in [-0.05, 0) is 117 Å². The van der Waals surface area contributed by atoms with Crippen LogP contribution >= 0.6 is 0 Å². The minimum absolute atomic E-state index is 0.103. The molecule has 0 fully saturated rings. The molecule has 340 valence electrons. The number of unbranched alkanes of at least 4 members (excludes halogenated alkanes) is 24. The Kier molecular flexibility index (Phi) is 41.1. The normalized spacial score (nSPS) is 12.4. The first-order valence-electron chi connectivity index (χ1n) is 25.0. The molecule has 0 radical (unpaired) electrons. The molecule has 0 saturated carbocycles. The molecular weight excluding hydrogens is 719 g/mol. The molecule has 1 unspecified atom stereocenters. The van der Waals surface area contributed by atoms with Gasteiger partial charge in [-0.25, -0.2) is 4.79 Å². The maximum absolute atomic E-state index is 12.7. The summed E-state index contributed by atoms with van der Waals surface area (Å²) in [6, 6.07) is 0. The Morgan fingerprint density at radius 3 is 1.22 bits per heavy atom. The Labute approximate surface area is 360 Å². The van der Waals surface area contributed by atoms with E-state index >= 15 is 0 Å². The number of carbonyl (C=O) groups is 3. The van der Waals surface area contributed by atoms with Crippen LogP contribution in [0.2, 0.25) is 0 Å². The number of ether oxygens (including phenoxy) is 1. The van der Waals surface area contributed by atoms with Gasteiger partial charge in [-0.3, -0.25) is 9.59 Å². The van der Waals surface area contributed by atoms with Gasteiger partial charge in [-0.2, -0.15) is 0 Å². The zero-order valence-electron chi connectivity index (χ0n) is 39.2. The van der Waals surface area contributed by atoms with E-state index < -0.39 is 11.7 Å². The van der Waals surface area contributed by atoms with Crippen molar-refractivity contribution in [1.29, 1.82) is 0 Å². The Bertz CT molecular complexity index is 989. The van der Waals surface area contributed by atoms with Gasteiger partial charge in [0.25, 0.3) is 0 Å². The van der Waals surface area contributed by atoms with Crippen molar-refractivity contribution in [3.05, 3.63) is 24.3 Å². The fourth-order valence-electron chi connectivity index (χ4n) is 7.39. The van der Waals surface area contributed by atoms with Crippen molar-refractivity contribution in [1.82, 2.24) is 16.0 Å². The van der Waals surface area contributed by atoms with Crippen LogP contribution in [-0.4, -0.2) is 43.1 Å². The molecule has 0 aromatic heterocycles. The highest BCUT2D eigenvalue weighted by Crippen LogP contribution is 2.19. The summed E-state index contributed by atoms with van der Waals surface area (Å²) >= 11 is 0. The largest absolute Gasteiger partial charge is 0.444 e. The number of carbonyl (C=O) groups excluding carboxylic acids is 3. The average Bonchev–Trinajstić information content (AvgIpc) is 3.18. The van der Waals surface area contributed by atoms with Crippen molar-refractivity contribution < 1.29 is 19.1 Å². The van der Waals surface area contributed by atoms with E-state index in [4.69, 9.17) is 4.74 Å². The monoisotopic (exact) mass is 816 g/mol. The number of amides is 3. The fraction of sp³-hybridized carbons (Fsp3) is 0.863. The first-order valence-corrected chi connectivity index (χ1v) is 25.0. The molecule has 7 nitrogen and oxygen atoms in total. The first kappa shape index (κ1) is 55.7. The van der Waals surface area contributed by atoms with Gasteiger partial charge >= 0.3 is 6.09 Å². The van der Waals surface area contributed by atoms with Gasteiger partial charge < -0.3 is 20.7 Å². The first-order chi connectivity index (χ1) is 28.2. The summed E-state index contributed by atoms with van der Waals surface area (Å²) < 4.78 is 5.39. The second-order valence-electron chi connectivity index (χ2n) is 18.1. The summed E-state index contributed by atoms with van der Waals surface area (Å²) in [7, 11) is 0. The molecule has 7 heteroatoms. The van der Waals surface area contributed by atoms with Crippen molar-refractivity contribution in [2.45, 2.75) is 259 Å². The topological polar surface area (TPSA) is 96.5 Å². The smallest absolute Gasteiger partial charge is 0.407 e. The van der Waals surface area contributed by atoms with Crippen LogP contribution in [0.3, 0.4) is 0 Å². The van der Waals surface area contributed by atoms with E-state index in [-0.39, 0.29) is 17.7 Å². The molecule has 0 heterocycles. The van der Waals surface area contributed by atoms with Crippen LogP contribution in [0, 0.1) is 5.92 Å². The van der Waals surface area contributed by atoms with Crippen LogP contribution in [0.15, 0.2) is 24.3 Å². The molecule has 0 aliphatic heterocycles. The molecule has 0 aromatic carbocycles. The quantitative estimate of drug-likeness (QED) is 0.0422. The molecule has 0 saturated heterocycles. The lowest BCUT2D eigenvalue weighted by atomic mass is 9.93. The molecule has 3 N–H and O–H groups in total. The zero-order valence-corrected chi connectivity index (χ0v) is 39.2. The number of hydrogen-bond acceptors (Lipinski definition) is 4. The second-order valence-corrected chi connectivity index (χ2v) is 18.1. The van der Waals surface area contributed by atoms with Gasteiger partial charge in [-0.15, -0.1) is 0 Å². The molecule has 0 rings (SSSR count). The van der Waals surface area contributed by atoms with Crippen molar-refractivity contribution in [3.63, 3.8) is 0 Å². The van der Waals surface area contributed by atoms with Crippen LogP contribution < -0.4 is 16.0 Å². The van der Waals surface area contributed by atoms with Gasteiger partial charge in [0.15, 0.2) is 0 Å². The molecule has 0 aromatic rings. The lowest BCUT2D eigenvalue weighted by Crippen LogP contribution is -2.33. The van der Waals surface area contributed by atoms with Crippen LogP contribution in [0.5, 0.6) is 0 Å². The van der Waals surface area contributed by atoms with Crippen LogP contribution in [0.1, 0.15) is 253 Å². The SMILES string of the molecule is CCCCCCCC/C=C\CCCCCCCCNC(=O)CCCC(CCNC(=O)OC(C)(C)C)CCC(=O)NCCCCCCCC/C=C\CCCCCCCC. The third-order valence-corrected chi connectivity index (χ3v) is 11.0. The molecule has 1 atom stereocenters. The van der Waals surface area contributed by atoms with E-state index in [1.165, 1.54) is 161 Å². The Balaban J connectivity index is 4.11. The summed E-state index contributed by atoms with van der Waals surface area (Å²) in [5.41, 5.74) is -0.539. The third-order valence-electron chi connectivity index (χ3n) is 11.0. The van der Waals surface area contributed by atoms with Crippen molar-refractivity contribution in [3.8, 4) is 0 Å². The van der Waals surface area contributed by atoms with E-state index in [1.54, 1.807) is 0 Å². The minimum Gasteiger partial charge on any atom is -0.444 e. The average molecular weight is 816 g/mol. The molecule has 58 heavy (non-hydrogen) atoms. The maximum Gasteiger partial charge on any atom is 0.407 e. The fourth-order valence-corrected chi connectivity index (χ4v) is 7.39. The van der Waals surface area contributed by atoms with E-state index in [0.29, 0.717) is 19.4 Å². The Morgan fingerprint density at radius 2 is 0.810 bits per heavy atom. The van der Waals surface area contributed by atoms with Gasteiger partial charge in [0, 0.05) is 32.5 Å². The lowest BCUT2D eigenvalue weighted by Gasteiger charge is -2.21. The van der Waals surface area contributed by atoms with E-state index in [2.05, 4.69) is 54.1 Å². The standard InChI is InChI=1S/C51H97N3O4/c1-6-8-10-12-14-16-18-20-22-24-26-28-30-32-34-36-44-52-48(55)40-38-39-47(43-46-54-50(57)58-51(3,4)5)41-42-49(56)53-45-37-35-33-31-29-27-25-23-21-19-17-15-13-11-9-7-2/h20-23,47H,6-19,24-46H2,1-5H3,(H,52,55)(H,53,56)(H,54,57)/b22-20-,23-21-. The van der Waals surface area contributed by atoms with Crippen molar-refractivity contribution >= 4 is 17.9 Å². The number of hydrogen-bond donors (Lipinski definition) is 3. The minimum atomic E-state index is -0.539.